The van der Waals surface area contributed by atoms with E-state index in [1.165, 1.54) is 0 Å². The van der Waals surface area contributed by atoms with E-state index < -0.39 is 7.82 Å². The second-order valence-electron chi connectivity index (χ2n) is 3.00. The predicted octanol–water partition coefficient (Wildman–Crippen LogP) is 0.685. The quantitative estimate of drug-likeness (QED) is 0.393. The van der Waals surface area contributed by atoms with Crippen molar-refractivity contribution in [2.24, 2.45) is 5.92 Å². The molecule has 0 saturated carbocycles. The van der Waals surface area contributed by atoms with Crippen LogP contribution < -0.4 is 0 Å². The molecule has 0 aromatic rings. The molecule has 0 saturated heterocycles. The van der Waals surface area contributed by atoms with Gasteiger partial charge in [-0.25, -0.2) is 4.57 Å². The van der Waals surface area contributed by atoms with Crippen molar-refractivity contribution >= 4 is 13.8 Å². The molecule has 0 aliphatic carbocycles. The first-order valence-corrected chi connectivity index (χ1v) is 5.72. The van der Waals surface area contributed by atoms with Gasteiger partial charge in [-0.1, -0.05) is 13.8 Å². The summed E-state index contributed by atoms with van der Waals surface area (Å²) >= 11 is 0. The summed E-state index contributed by atoms with van der Waals surface area (Å²) < 4.78 is 19.1. The first-order chi connectivity index (χ1) is 6.33. The fourth-order valence-electron chi connectivity index (χ4n) is 0.582. The summed E-state index contributed by atoms with van der Waals surface area (Å²) in [6.07, 6.45) is 0.267. The number of phosphoric acid groups is 1. The monoisotopic (exact) mass is 226 g/mol. The molecule has 0 bridgehead atoms. The predicted molar refractivity (Wildman–Crippen MR) is 48.4 cm³/mol. The second kappa shape index (κ2) is 6.14. The summed E-state index contributed by atoms with van der Waals surface area (Å²) in [4.78, 5) is 27.5. The Bertz CT molecular complexity index is 220. The highest BCUT2D eigenvalue weighted by Gasteiger charge is 2.13. The minimum absolute atomic E-state index is 0.108. The van der Waals surface area contributed by atoms with Crippen LogP contribution in [0.4, 0.5) is 0 Å². The fraction of sp³-hybridized carbons (Fsp3) is 0.857. The van der Waals surface area contributed by atoms with Gasteiger partial charge in [0.2, 0.25) is 0 Å². The highest BCUT2D eigenvalue weighted by Crippen LogP contribution is 2.35. The number of hydrogen-bond acceptors (Lipinski definition) is 4. The van der Waals surface area contributed by atoms with Crippen molar-refractivity contribution in [3.8, 4) is 0 Å². The van der Waals surface area contributed by atoms with Gasteiger partial charge in [0.15, 0.2) is 0 Å². The maximum absolute atomic E-state index is 10.9. The van der Waals surface area contributed by atoms with Crippen LogP contribution in [0.25, 0.3) is 0 Å². The van der Waals surface area contributed by atoms with E-state index in [2.05, 4.69) is 4.52 Å². The van der Waals surface area contributed by atoms with Crippen LogP contribution in [0.5, 0.6) is 0 Å². The summed E-state index contributed by atoms with van der Waals surface area (Å²) in [6, 6.07) is 0. The molecule has 2 N–H and O–H groups in total. The van der Waals surface area contributed by atoms with Gasteiger partial charge in [-0.3, -0.25) is 9.32 Å². The van der Waals surface area contributed by atoms with Gasteiger partial charge < -0.3 is 14.5 Å². The molecular formula is C7H15O6P. The molecule has 6 nitrogen and oxygen atoms in total. The lowest BCUT2D eigenvalue weighted by Crippen LogP contribution is -2.13. The Morgan fingerprint density at radius 3 is 2.36 bits per heavy atom. The summed E-state index contributed by atoms with van der Waals surface area (Å²) in [5, 5.41) is 0. The van der Waals surface area contributed by atoms with Crippen LogP contribution in [0, 0.1) is 5.92 Å². The fourth-order valence-corrected chi connectivity index (χ4v) is 0.949. The third kappa shape index (κ3) is 8.19. The van der Waals surface area contributed by atoms with Crippen LogP contribution in [0.3, 0.4) is 0 Å². The Morgan fingerprint density at radius 1 is 1.36 bits per heavy atom. The molecule has 0 radical (unpaired) electrons. The summed E-state index contributed by atoms with van der Waals surface area (Å²) in [5.74, 6) is -0.529. The van der Waals surface area contributed by atoms with E-state index >= 15 is 0 Å². The number of hydrogen-bond donors (Lipinski definition) is 2. The Labute approximate surface area is 82.5 Å². The number of carbonyl (C=O) groups is 1. The topological polar surface area (TPSA) is 93.1 Å². The Hall–Kier alpha value is -0.420. The van der Waals surface area contributed by atoms with Crippen molar-refractivity contribution in [3.05, 3.63) is 0 Å². The Morgan fingerprint density at radius 2 is 1.93 bits per heavy atom. The first kappa shape index (κ1) is 13.6. The molecular weight excluding hydrogens is 211 g/mol. The number of phosphoric ester groups is 1. The molecule has 0 heterocycles. The zero-order chi connectivity index (χ0) is 11.2. The van der Waals surface area contributed by atoms with E-state index in [4.69, 9.17) is 14.5 Å². The van der Waals surface area contributed by atoms with Crippen LogP contribution >= 0.6 is 7.82 Å². The van der Waals surface area contributed by atoms with E-state index in [9.17, 15) is 9.36 Å². The number of esters is 1. The van der Waals surface area contributed by atoms with Crippen LogP contribution in [-0.4, -0.2) is 29.0 Å². The molecule has 0 aromatic heterocycles. The maximum Gasteiger partial charge on any atom is 0.469 e. The average molecular weight is 226 g/mol. The molecule has 0 amide bonds. The minimum atomic E-state index is -4.39. The van der Waals surface area contributed by atoms with Gasteiger partial charge in [-0.05, 0) is 0 Å². The van der Waals surface area contributed by atoms with Gasteiger partial charge in [-0.2, -0.15) is 0 Å². The highest BCUT2D eigenvalue weighted by atomic mass is 31.2. The standard InChI is InChI=1S/C7H15O6P/c1-6(2)7(8)12-4-3-5-13-14(9,10)11/h6H,3-5H2,1-2H3,(H2,9,10,11). The molecule has 7 heteroatoms. The van der Waals surface area contributed by atoms with Crippen LogP contribution in [0.15, 0.2) is 0 Å². The Kier molecular flexibility index (Phi) is 5.95. The SMILES string of the molecule is CC(C)C(=O)OCCCOP(=O)(O)O. The number of rotatable bonds is 6. The van der Waals surface area contributed by atoms with Gasteiger partial charge in [0.25, 0.3) is 0 Å². The van der Waals surface area contributed by atoms with E-state index in [-0.39, 0.29) is 31.5 Å². The van der Waals surface area contributed by atoms with E-state index in [1.54, 1.807) is 13.8 Å². The largest absolute Gasteiger partial charge is 0.469 e. The van der Waals surface area contributed by atoms with E-state index in [1.807, 2.05) is 0 Å². The minimum Gasteiger partial charge on any atom is -0.465 e. The van der Waals surface area contributed by atoms with Gasteiger partial charge >= 0.3 is 13.8 Å². The van der Waals surface area contributed by atoms with Gasteiger partial charge in [0.1, 0.15) is 0 Å². The Balaban J connectivity index is 3.40. The molecule has 0 atom stereocenters. The van der Waals surface area contributed by atoms with Crippen LogP contribution in [-0.2, 0) is 18.6 Å². The van der Waals surface area contributed by atoms with E-state index in [0.29, 0.717) is 0 Å². The van der Waals surface area contributed by atoms with Crippen molar-refractivity contribution in [1.82, 2.24) is 0 Å². The van der Waals surface area contributed by atoms with Crippen molar-refractivity contribution < 1.29 is 28.4 Å². The normalized spacial score (nSPS) is 11.8. The van der Waals surface area contributed by atoms with Gasteiger partial charge in [0, 0.05) is 6.42 Å². The average Bonchev–Trinajstić information content (AvgIpc) is 2.01. The van der Waals surface area contributed by atoms with Crippen LogP contribution in [0.2, 0.25) is 0 Å². The molecule has 14 heavy (non-hydrogen) atoms. The van der Waals surface area contributed by atoms with Crippen molar-refractivity contribution in [2.45, 2.75) is 20.3 Å². The van der Waals surface area contributed by atoms with Crippen molar-refractivity contribution in [3.63, 3.8) is 0 Å². The third-order valence-corrected chi connectivity index (χ3v) is 1.78. The molecule has 0 fully saturated rings. The maximum atomic E-state index is 10.9. The van der Waals surface area contributed by atoms with E-state index in [0.717, 1.165) is 0 Å². The highest BCUT2D eigenvalue weighted by molar-refractivity contribution is 7.46. The lowest BCUT2D eigenvalue weighted by atomic mass is 10.2. The first-order valence-electron chi connectivity index (χ1n) is 4.19. The summed E-state index contributed by atoms with van der Waals surface area (Å²) in [5.41, 5.74) is 0. The second-order valence-corrected chi connectivity index (χ2v) is 4.24. The molecule has 0 aliphatic heterocycles. The summed E-state index contributed by atoms with van der Waals surface area (Å²) in [7, 11) is -4.39. The van der Waals surface area contributed by atoms with Gasteiger partial charge in [-0.15, -0.1) is 0 Å². The zero-order valence-electron chi connectivity index (χ0n) is 8.17. The number of ether oxygens (including phenoxy) is 1. The molecule has 0 aliphatic rings. The lowest BCUT2D eigenvalue weighted by Gasteiger charge is -2.07. The third-order valence-electron chi connectivity index (χ3n) is 1.26. The zero-order valence-corrected chi connectivity index (χ0v) is 9.07. The molecule has 0 unspecified atom stereocenters. The van der Waals surface area contributed by atoms with Gasteiger partial charge in [0.05, 0.1) is 19.1 Å². The number of carbonyl (C=O) groups excluding carboxylic acids is 1. The van der Waals surface area contributed by atoms with Crippen LogP contribution in [0.1, 0.15) is 20.3 Å². The van der Waals surface area contributed by atoms with Crippen molar-refractivity contribution in [1.29, 1.82) is 0 Å². The molecule has 0 rings (SSSR count). The molecule has 84 valence electrons. The molecule has 0 aromatic carbocycles. The lowest BCUT2D eigenvalue weighted by molar-refractivity contribution is -0.147. The molecule has 0 spiro atoms. The van der Waals surface area contributed by atoms with Crippen molar-refractivity contribution in [2.75, 3.05) is 13.2 Å². The smallest absolute Gasteiger partial charge is 0.465 e. The summed E-state index contributed by atoms with van der Waals surface area (Å²) in [6.45, 7) is 3.38.